The maximum Gasteiger partial charge on any atom is 0.419 e. The van der Waals surface area contributed by atoms with Crippen molar-refractivity contribution in [2.45, 2.75) is 45.3 Å². The molecule has 0 amide bonds. The van der Waals surface area contributed by atoms with Crippen molar-refractivity contribution in [2.24, 2.45) is 0 Å². The first-order valence-electron chi connectivity index (χ1n) is 12.0. The zero-order valence-electron chi connectivity index (χ0n) is 21.7. The molecule has 0 aliphatic heterocycles. The summed E-state index contributed by atoms with van der Waals surface area (Å²) in [5.74, 6) is 0.346. The fraction of sp³-hybridized carbons (Fsp3) is 0.462. The Labute approximate surface area is 214 Å². The number of benzene rings is 2. The van der Waals surface area contributed by atoms with Gasteiger partial charge in [-0.15, -0.1) is 0 Å². The number of unbranched alkanes of at least 4 members (excludes halogenated alkanes) is 2. The molecular weight excluding hydrogens is 490 g/mol. The molecule has 3 aromatic rings. The average molecular weight is 524 g/mol. The number of aryl methyl sites for hydroxylation is 1. The van der Waals surface area contributed by atoms with Gasteiger partial charge in [0, 0.05) is 22.7 Å². The summed E-state index contributed by atoms with van der Waals surface area (Å²) >= 11 is 0. The normalized spacial score (nSPS) is 12.7. The monoisotopic (exact) mass is 523 g/mol. The maximum atomic E-state index is 14.8. The quantitative estimate of drug-likeness (QED) is 0.182. The second-order valence-electron chi connectivity index (χ2n) is 9.19. The molecule has 0 unspecified atom stereocenters. The number of rotatable bonds is 11. The first kappa shape index (κ1) is 28.2. The molecule has 0 aliphatic rings. The van der Waals surface area contributed by atoms with Gasteiger partial charge >= 0.3 is 6.18 Å². The van der Waals surface area contributed by atoms with E-state index in [9.17, 15) is 17.6 Å². The van der Waals surface area contributed by atoms with E-state index in [1.807, 2.05) is 14.1 Å². The Kier molecular flexibility index (Phi) is 9.01. The maximum absolute atomic E-state index is 14.8. The summed E-state index contributed by atoms with van der Waals surface area (Å²) in [6, 6.07) is 4.33. The Balaban J connectivity index is 1.90. The SMILES string of the molecule is COc1cc2nc(C)nc(N[C@H](C)c3cc(N)cc(C(F)(F)F)c3F)c2cc1OCCCCCN(C)C. The number of aromatic nitrogens is 2. The first-order chi connectivity index (χ1) is 17.4. The number of nitrogen functional groups attached to an aromatic ring is 1. The van der Waals surface area contributed by atoms with E-state index in [0.29, 0.717) is 46.7 Å². The van der Waals surface area contributed by atoms with Gasteiger partial charge in [-0.1, -0.05) is 0 Å². The Morgan fingerprint density at radius 2 is 1.78 bits per heavy atom. The molecule has 1 heterocycles. The van der Waals surface area contributed by atoms with Crippen molar-refractivity contribution in [1.29, 1.82) is 0 Å². The Bertz CT molecular complexity index is 1230. The van der Waals surface area contributed by atoms with E-state index in [-0.39, 0.29) is 11.3 Å². The minimum Gasteiger partial charge on any atom is -0.493 e. The zero-order valence-corrected chi connectivity index (χ0v) is 21.7. The number of hydrogen-bond donors (Lipinski definition) is 2. The van der Waals surface area contributed by atoms with Crippen molar-refractivity contribution >= 4 is 22.4 Å². The van der Waals surface area contributed by atoms with Gasteiger partial charge in [-0.3, -0.25) is 0 Å². The number of anilines is 2. The molecule has 0 aliphatic carbocycles. The van der Waals surface area contributed by atoms with Gasteiger partial charge in [0.2, 0.25) is 0 Å². The van der Waals surface area contributed by atoms with Crippen LogP contribution >= 0.6 is 0 Å². The highest BCUT2D eigenvalue weighted by Gasteiger charge is 2.36. The van der Waals surface area contributed by atoms with Crippen molar-refractivity contribution in [3.05, 3.63) is 47.0 Å². The highest BCUT2D eigenvalue weighted by Crippen LogP contribution is 2.38. The smallest absolute Gasteiger partial charge is 0.419 e. The Hall–Kier alpha value is -3.34. The Morgan fingerprint density at radius 3 is 2.43 bits per heavy atom. The molecule has 3 rings (SSSR count). The number of nitrogens with two attached hydrogens (primary N) is 1. The van der Waals surface area contributed by atoms with Gasteiger partial charge in [0.25, 0.3) is 0 Å². The molecule has 0 fully saturated rings. The van der Waals surface area contributed by atoms with E-state index in [1.165, 1.54) is 20.1 Å². The fourth-order valence-corrected chi connectivity index (χ4v) is 4.00. The lowest BCUT2D eigenvalue weighted by atomic mass is 10.0. The molecule has 0 spiro atoms. The summed E-state index contributed by atoms with van der Waals surface area (Å²) in [6.07, 6.45) is -1.95. The van der Waals surface area contributed by atoms with Crippen LogP contribution in [0.1, 0.15) is 49.2 Å². The Morgan fingerprint density at radius 1 is 1.05 bits per heavy atom. The molecule has 0 saturated heterocycles. The zero-order chi connectivity index (χ0) is 27.3. The van der Waals surface area contributed by atoms with Gasteiger partial charge in [-0.05, 0) is 71.9 Å². The second-order valence-corrected chi connectivity index (χ2v) is 9.19. The molecular formula is C26H33F4N5O2. The molecule has 1 atom stereocenters. The molecule has 0 saturated carbocycles. The van der Waals surface area contributed by atoms with Crippen LogP contribution in [0, 0.1) is 12.7 Å². The number of fused-ring (bicyclic) bond motifs is 1. The molecule has 202 valence electrons. The number of halogens is 4. The van der Waals surface area contributed by atoms with Crippen LogP contribution in [0.2, 0.25) is 0 Å². The van der Waals surface area contributed by atoms with Crippen molar-refractivity contribution in [3.63, 3.8) is 0 Å². The fourth-order valence-electron chi connectivity index (χ4n) is 4.00. The van der Waals surface area contributed by atoms with Crippen LogP contribution < -0.4 is 20.5 Å². The summed E-state index contributed by atoms with van der Waals surface area (Å²) < 4.78 is 66.3. The van der Waals surface area contributed by atoms with Gasteiger partial charge in [0.15, 0.2) is 11.5 Å². The minimum absolute atomic E-state index is 0.188. The van der Waals surface area contributed by atoms with Crippen LogP contribution in [-0.4, -0.2) is 49.2 Å². The highest BCUT2D eigenvalue weighted by atomic mass is 19.4. The number of nitrogens with zero attached hydrogens (tertiary/aromatic N) is 3. The number of ether oxygens (including phenoxy) is 2. The van der Waals surface area contributed by atoms with E-state index in [2.05, 4.69) is 20.2 Å². The van der Waals surface area contributed by atoms with Gasteiger partial charge in [0.05, 0.1) is 30.8 Å². The number of nitrogens with one attached hydrogen (secondary N) is 1. The standard InChI is InChI=1S/C26H33F4N5O2/c1-15(18-11-17(31)12-20(24(18)27)26(28,29)30)32-25-19-13-23(37-10-8-6-7-9-35(3)4)22(36-5)14-21(19)33-16(2)34-25/h11-15H,6-10,31H2,1-5H3,(H,32,33,34)/t15-/m1/s1. The predicted molar refractivity (Wildman–Crippen MR) is 137 cm³/mol. The van der Waals surface area contributed by atoms with E-state index >= 15 is 0 Å². The van der Waals surface area contributed by atoms with E-state index in [0.717, 1.165) is 25.8 Å². The first-order valence-corrected chi connectivity index (χ1v) is 12.0. The van der Waals surface area contributed by atoms with Crippen LogP contribution in [-0.2, 0) is 6.18 Å². The third kappa shape index (κ3) is 7.12. The topological polar surface area (TPSA) is 85.5 Å². The molecule has 0 radical (unpaired) electrons. The number of hydrogen-bond acceptors (Lipinski definition) is 7. The summed E-state index contributed by atoms with van der Waals surface area (Å²) in [6.45, 7) is 4.70. The van der Waals surface area contributed by atoms with E-state index in [4.69, 9.17) is 15.2 Å². The molecule has 3 N–H and O–H groups in total. The number of alkyl halides is 3. The van der Waals surface area contributed by atoms with Crippen molar-refractivity contribution in [2.75, 3.05) is 45.4 Å². The van der Waals surface area contributed by atoms with Crippen molar-refractivity contribution < 1.29 is 27.0 Å². The third-order valence-electron chi connectivity index (χ3n) is 5.85. The average Bonchev–Trinajstić information content (AvgIpc) is 2.81. The van der Waals surface area contributed by atoms with Crippen molar-refractivity contribution in [3.8, 4) is 11.5 Å². The predicted octanol–water partition coefficient (Wildman–Crippen LogP) is 5.97. The lowest BCUT2D eigenvalue weighted by Gasteiger charge is -2.20. The van der Waals surface area contributed by atoms with E-state index < -0.39 is 23.6 Å². The van der Waals surface area contributed by atoms with Gasteiger partial charge in [-0.2, -0.15) is 13.2 Å². The van der Waals surface area contributed by atoms with Crippen molar-refractivity contribution in [1.82, 2.24) is 14.9 Å². The largest absolute Gasteiger partial charge is 0.493 e. The summed E-state index contributed by atoms with van der Waals surface area (Å²) in [5.41, 5.74) is 4.38. The molecule has 0 bridgehead atoms. The highest BCUT2D eigenvalue weighted by molar-refractivity contribution is 5.92. The van der Waals surface area contributed by atoms with Crippen LogP contribution in [0.5, 0.6) is 11.5 Å². The second kappa shape index (κ2) is 11.8. The molecule has 11 heteroatoms. The van der Waals surface area contributed by atoms with Gasteiger partial charge in [0.1, 0.15) is 17.5 Å². The lowest BCUT2D eigenvalue weighted by Crippen LogP contribution is -2.16. The third-order valence-corrected chi connectivity index (χ3v) is 5.85. The van der Waals surface area contributed by atoms with Crippen LogP contribution in [0.3, 0.4) is 0 Å². The van der Waals surface area contributed by atoms with Gasteiger partial charge in [-0.25, -0.2) is 14.4 Å². The lowest BCUT2D eigenvalue weighted by molar-refractivity contribution is -0.140. The summed E-state index contributed by atoms with van der Waals surface area (Å²) in [7, 11) is 5.59. The summed E-state index contributed by atoms with van der Waals surface area (Å²) in [5, 5.41) is 3.59. The number of methoxy groups -OCH3 is 1. The summed E-state index contributed by atoms with van der Waals surface area (Å²) in [4.78, 5) is 11.0. The minimum atomic E-state index is -4.87. The molecule has 7 nitrogen and oxygen atoms in total. The van der Waals surface area contributed by atoms with E-state index in [1.54, 1.807) is 19.1 Å². The van der Waals surface area contributed by atoms with Crippen LogP contribution in [0.25, 0.3) is 10.9 Å². The van der Waals surface area contributed by atoms with Gasteiger partial charge < -0.3 is 25.4 Å². The van der Waals surface area contributed by atoms with Crippen LogP contribution in [0.4, 0.5) is 29.1 Å². The molecule has 1 aromatic heterocycles. The molecule has 2 aromatic carbocycles. The molecule has 37 heavy (non-hydrogen) atoms. The van der Waals surface area contributed by atoms with Crippen LogP contribution in [0.15, 0.2) is 24.3 Å².